The van der Waals surface area contributed by atoms with Crippen molar-refractivity contribution >= 4 is 11.0 Å². The van der Waals surface area contributed by atoms with E-state index in [-0.39, 0.29) is 22.7 Å². The normalized spacial score (nSPS) is 11.0. The van der Waals surface area contributed by atoms with Gasteiger partial charge in [0, 0.05) is 18.6 Å². The summed E-state index contributed by atoms with van der Waals surface area (Å²) in [7, 11) is 0. The molecule has 9 heteroatoms. The van der Waals surface area contributed by atoms with E-state index in [4.69, 9.17) is 0 Å². The lowest BCUT2D eigenvalue weighted by molar-refractivity contribution is 0.626. The number of imidazole rings is 1. The Morgan fingerprint density at radius 1 is 1.21 bits per heavy atom. The maximum absolute atomic E-state index is 13.4. The molecular weight excluding hydrogens is 315 g/mol. The van der Waals surface area contributed by atoms with Crippen molar-refractivity contribution in [2.45, 2.75) is 0 Å². The quantitative estimate of drug-likeness (QED) is 0.588. The van der Waals surface area contributed by atoms with Crippen LogP contribution in [0.3, 0.4) is 0 Å². The number of aromatic amines is 1. The van der Waals surface area contributed by atoms with Crippen molar-refractivity contribution in [2.75, 3.05) is 0 Å². The largest absolute Gasteiger partial charge is 0.334 e. The van der Waals surface area contributed by atoms with E-state index in [1.165, 1.54) is 35.3 Å². The molecule has 1 aromatic carbocycles. The maximum Gasteiger partial charge on any atom is 0.334 e. The molecule has 0 saturated heterocycles. The summed E-state index contributed by atoms with van der Waals surface area (Å²) < 4.78 is 15.8. The van der Waals surface area contributed by atoms with E-state index in [2.05, 4.69) is 19.9 Å². The van der Waals surface area contributed by atoms with Gasteiger partial charge in [0.05, 0.1) is 5.69 Å². The van der Waals surface area contributed by atoms with Crippen LogP contribution in [0.1, 0.15) is 0 Å². The standard InChI is InChI=1S/C15H9FN6O2/c16-9-2-1-3-10(6-9)22-13(23)11-7-18-14(21-5-4-17-8-21)19-12(11)20-15(22)24/h1-8H,(H,18,19,20,24). The lowest BCUT2D eigenvalue weighted by Crippen LogP contribution is -2.34. The van der Waals surface area contributed by atoms with Gasteiger partial charge < -0.3 is 0 Å². The van der Waals surface area contributed by atoms with Crippen LogP contribution in [0.5, 0.6) is 0 Å². The highest BCUT2D eigenvalue weighted by atomic mass is 19.1. The molecule has 0 fully saturated rings. The van der Waals surface area contributed by atoms with Crippen LogP contribution in [0, 0.1) is 5.82 Å². The third-order valence-electron chi connectivity index (χ3n) is 3.44. The van der Waals surface area contributed by atoms with Crippen LogP contribution in [-0.2, 0) is 0 Å². The van der Waals surface area contributed by atoms with Crippen molar-refractivity contribution in [3.63, 3.8) is 0 Å². The number of nitrogens with one attached hydrogen (secondary N) is 1. The molecule has 0 spiro atoms. The molecule has 0 radical (unpaired) electrons. The summed E-state index contributed by atoms with van der Waals surface area (Å²) in [5, 5.41) is 0.114. The van der Waals surface area contributed by atoms with Crippen molar-refractivity contribution in [1.82, 2.24) is 29.1 Å². The molecule has 0 aliphatic rings. The molecule has 1 N–H and O–H groups in total. The summed E-state index contributed by atoms with van der Waals surface area (Å²) in [5.74, 6) is -0.288. The van der Waals surface area contributed by atoms with Gasteiger partial charge in [-0.2, -0.15) is 4.98 Å². The smallest absolute Gasteiger partial charge is 0.291 e. The Bertz CT molecular complexity index is 1160. The SMILES string of the molecule is O=c1[nH]c2nc(-n3ccnc3)ncc2c(=O)n1-c1cccc(F)c1. The number of hydrogen-bond acceptors (Lipinski definition) is 5. The highest BCUT2D eigenvalue weighted by Crippen LogP contribution is 2.08. The first-order valence-corrected chi connectivity index (χ1v) is 6.90. The van der Waals surface area contributed by atoms with Gasteiger partial charge in [-0.25, -0.2) is 23.7 Å². The van der Waals surface area contributed by atoms with E-state index in [0.717, 1.165) is 10.6 Å². The van der Waals surface area contributed by atoms with Crippen LogP contribution in [0.15, 0.2) is 58.8 Å². The molecule has 118 valence electrons. The number of fused-ring (bicyclic) bond motifs is 1. The molecule has 24 heavy (non-hydrogen) atoms. The van der Waals surface area contributed by atoms with Gasteiger partial charge in [0.1, 0.15) is 17.5 Å². The summed E-state index contributed by atoms with van der Waals surface area (Å²) in [6.07, 6.45) is 5.99. The lowest BCUT2D eigenvalue weighted by Gasteiger charge is -2.07. The Kier molecular flexibility index (Phi) is 3.05. The van der Waals surface area contributed by atoms with E-state index in [1.807, 2.05) is 0 Å². The Hall–Kier alpha value is -3.62. The number of nitrogens with zero attached hydrogens (tertiary/aromatic N) is 5. The van der Waals surface area contributed by atoms with Crippen molar-refractivity contribution in [3.8, 4) is 11.6 Å². The third-order valence-corrected chi connectivity index (χ3v) is 3.44. The molecule has 0 unspecified atom stereocenters. The van der Waals surface area contributed by atoms with Crippen LogP contribution in [-0.4, -0.2) is 29.1 Å². The van der Waals surface area contributed by atoms with Gasteiger partial charge in [0.15, 0.2) is 5.65 Å². The minimum atomic E-state index is -0.714. The van der Waals surface area contributed by atoms with E-state index in [0.29, 0.717) is 0 Å². The summed E-state index contributed by atoms with van der Waals surface area (Å²) >= 11 is 0. The Balaban J connectivity index is 1.98. The Labute approximate surface area is 132 Å². The highest BCUT2D eigenvalue weighted by molar-refractivity contribution is 5.72. The number of benzene rings is 1. The number of aromatic nitrogens is 6. The molecule has 8 nitrogen and oxygen atoms in total. The molecule has 0 amide bonds. The van der Waals surface area contributed by atoms with Crippen molar-refractivity contribution in [1.29, 1.82) is 0 Å². The van der Waals surface area contributed by atoms with Crippen LogP contribution in [0.4, 0.5) is 4.39 Å². The molecule has 0 bridgehead atoms. The number of hydrogen-bond donors (Lipinski definition) is 1. The molecule has 3 heterocycles. The average molecular weight is 324 g/mol. The Morgan fingerprint density at radius 2 is 2.08 bits per heavy atom. The van der Waals surface area contributed by atoms with Crippen LogP contribution in [0.2, 0.25) is 0 Å². The van der Waals surface area contributed by atoms with Gasteiger partial charge in [0.25, 0.3) is 5.56 Å². The summed E-state index contributed by atoms with van der Waals surface area (Å²) in [4.78, 5) is 39.5. The zero-order valence-electron chi connectivity index (χ0n) is 12.0. The molecule has 0 saturated carbocycles. The fraction of sp³-hybridized carbons (Fsp3) is 0. The van der Waals surface area contributed by atoms with Crippen LogP contribution >= 0.6 is 0 Å². The molecule has 4 rings (SSSR count). The first kappa shape index (κ1) is 14.0. The third kappa shape index (κ3) is 2.19. The summed E-state index contributed by atoms with van der Waals surface area (Å²) in [5.41, 5.74) is -1.12. The zero-order chi connectivity index (χ0) is 16.7. The van der Waals surface area contributed by atoms with Gasteiger partial charge in [-0.15, -0.1) is 0 Å². The van der Waals surface area contributed by atoms with Gasteiger partial charge in [-0.1, -0.05) is 6.07 Å². The summed E-state index contributed by atoms with van der Waals surface area (Å²) in [6, 6.07) is 5.21. The van der Waals surface area contributed by atoms with Gasteiger partial charge in [-0.05, 0) is 18.2 Å². The topological polar surface area (TPSA) is 98.5 Å². The minimum Gasteiger partial charge on any atom is -0.291 e. The van der Waals surface area contributed by atoms with Gasteiger partial charge in [0.2, 0.25) is 5.95 Å². The van der Waals surface area contributed by atoms with Crippen molar-refractivity contribution in [3.05, 3.63) is 75.8 Å². The number of halogens is 1. The second-order valence-electron chi connectivity index (χ2n) is 4.95. The van der Waals surface area contributed by atoms with Gasteiger partial charge >= 0.3 is 5.69 Å². The first-order valence-electron chi connectivity index (χ1n) is 6.90. The predicted molar refractivity (Wildman–Crippen MR) is 82.8 cm³/mol. The lowest BCUT2D eigenvalue weighted by atomic mass is 10.3. The number of rotatable bonds is 2. The fourth-order valence-electron chi connectivity index (χ4n) is 2.35. The highest BCUT2D eigenvalue weighted by Gasteiger charge is 2.12. The van der Waals surface area contributed by atoms with Crippen LogP contribution < -0.4 is 11.2 Å². The van der Waals surface area contributed by atoms with Crippen LogP contribution in [0.25, 0.3) is 22.7 Å². The van der Waals surface area contributed by atoms with Crippen molar-refractivity contribution in [2.24, 2.45) is 0 Å². The van der Waals surface area contributed by atoms with E-state index >= 15 is 0 Å². The minimum absolute atomic E-state index is 0.0938. The molecule has 4 aromatic rings. The molecule has 3 aromatic heterocycles. The van der Waals surface area contributed by atoms with Crippen molar-refractivity contribution < 1.29 is 4.39 Å². The second kappa shape index (κ2) is 5.23. The maximum atomic E-state index is 13.4. The van der Waals surface area contributed by atoms with Gasteiger partial charge in [-0.3, -0.25) is 14.3 Å². The average Bonchev–Trinajstić information content (AvgIpc) is 3.09. The fourth-order valence-corrected chi connectivity index (χ4v) is 2.35. The second-order valence-corrected chi connectivity index (χ2v) is 4.95. The monoisotopic (exact) mass is 324 g/mol. The molecule has 0 aliphatic carbocycles. The number of H-pyrrole nitrogens is 1. The summed E-state index contributed by atoms with van der Waals surface area (Å²) in [6.45, 7) is 0. The predicted octanol–water partition coefficient (Wildman–Crippen LogP) is 0.794. The zero-order valence-corrected chi connectivity index (χ0v) is 12.0. The van der Waals surface area contributed by atoms with E-state index in [9.17, 15) is 14.0 Å². The first-order chi connectivity index (χ1) is 11.6. The Morgan fingerprint density at radius 3 is 2.83 bits per heavy atom. The molecule has 0 atom stereocenters. The molecule has 0 aliphatic heterocycles. The molecular formula is C15H9FN6O2. The van der Waals surface area contributed by atoms with E-state index in [1.54, 1.807) is 12.4 Å². The van der Waals surface area contributed by atoms with E-state index < -0.39 is 17.1 Å².